The van der Waals surface area contributed by atoms with Crippen LogP contribution in [0.15, 0.2) is 30.6 Å². The number of carbonyl (C=O) groups is 2. The molecular weight excluding hydrogens is 268 g/mol. The monoisotopic (exact) mass is 284 g/mol. The number of benzene rings is 1. The van der Waals surface area contributed by atoms with Gasteiger partial charge in [0.15, 0.2) is 5.69 Å². The number of imidazole rings is 1. The summed E-state index contributed by atoms with van der Waals surface area (Å²) in [5.74, 6) is -0.536. The number of hydrogen-bond donors (Lipinski definition) is 1. The smallest absolute Gasteiger partial charge is 0.276 e. The molecule has 0 radical (unpaired) electrons. The second-order valence-electron chi connectivity index (χ2n) is 5.19. The molecule has 1 aromatic carbocycles. The van der Waals surface area contributed by atoms with E-state index >= 15 is 0 Å². The van der Waals surface area contributed by atoms with Crippen molar-refractivity contribution in [2.45, 2.75) is 13.5 Å². The molecule has 6 nitrogen and oxygen atoms in total. The normalized spacial score (nSPS) is 14.0. The van der Waals surface area contributed by atoms with Gasteiger partial charge in [-0.05, 0) is 24.6 Å². The number of hydrogen-bond acceptors (Lipinski definition) is 3. The highest BCUT2D eigenvalue weighted by Gasteiger charge is 2.29. The van der Waals surface area contributed by atoms with E-state index in [1.165, 1.54) is 0 Å². The molecule has 0 unspecified atom stereocenters. The lowest BCUT2D eigenvalue weighted by atomic mass is 10.2. The van der Waals surface area contributed by atoms with Crippen LogP contribution < -0.4 is 5.32 Å². The molecule has 0 saturated heterocycles. The molecule has 0 atom stereocenters. The Hall–Kier alpha value is -2.63. The summed E-state index contributed by atoms with van der Waals surface area (Å²) in [4.78, 5) is 30.2. The van der Waals surface area contributed by atoms with Gasteiger partial charge in [-0.1, -0.05) is 12.1 Å². The van der Waals surface area contributed by atoms with E-state index in [1.54, 1.807) is 28.9 Å². The predicted octanol–water partition coefficient (Wildman–Crippen LogP) is 1.53. The quantitative estimate of drug-likeness (QED) is 0.909. The molecule has 2 amide bonds. The molecule has 108 valence electrons. The lowest BCUT2D eigenvalue weighted by Crippen LogP contribution is -2.38. The molecule has 0 aliphatic carbocycles. The molecule has 1 aliphatic rings. The van der Waals surface area contributed by atoms with E-state index in [0.29, 0.717) is 24.5 Å². The van der Waals surface area contributed by atoms with E-state index in [1.807, 2.05) is 25.1 Å². The number of aryl methyl sites for hydroxylation is 1. The van der Waals surface area contributed by atoms with Crippen LogP contribution in [-0.4, -0.2) is 39.9 Å². The second-order valence-corrected chi connectivity index (χ2v) is 5.19. The molecule has 1 N–H and O–H groups in total. The largest absolute Gasteiger partial charge is 0.339 e. The average molecular weight is 284 g/mol. The Kier molecular flexibility index (Phi) is 3.21. The first-order valence-electron chi connectivity index (χ1n) is 6.75. The fraction of sp³-hybridized carbons (Fsp3) is 0.267. The van der Waals surface area contributed by atoms with Gasteiger partial charge in [0.2, 0.25) is 0 Å². The molecule has 6 heteroatoms. The third kappa shape index (κ3) is 2.40. The maximum atomic E-state index is 12.4. The van der Waals surface area contributed by atoms with E-state index in [0.717, 1.165) is 5.56 Å². The highest BCUT2D eigenvalue weighted by atomic mass is 16.2. The van der Waals surface area contributed by atoms with Gasteiger partial charge >= 0.3 is 0 Å². The van der Waals surface area contributed by atoms with Gasteiger partial charge in [0.05, 0.1) is 6.33 Å². The lowest BCUT2D eigenvalue weighted by molar-refractivity contribution is 0.0744. The van der Waals surface area contributed by atoms with E-state index in [9.17, 15) is 9.59 Å². The van der Waals surface area contributed by atoms with Crippen LogP contribution in [0.1, 0.15) is 26.5 Å². The van der Waals surface area contributed by atoms with Gasteiger partial charge in [0.25, 0.3) is 11.8 Å². The zero-order valence-corrected chi connectivity index (χ0v) is 12.0. The van der Waals surface area contributed by atoms with Crippen LogP contribution in [0.3, 0.4) is 0 Å². The standard InChI is InChI=1S/C15H16N4O2/c1-10-4-3-5-11(8-10)17-14(20)12-13-15(21)18(2)6-7-19(13)9-16-12/h3-5,8-9H,6-7H2,1-2H3,(H,17,20). The number of fused-ring (bicyclic) bond motifs is 1. The molecule has 1 aromatic heterocycles. The topological polar surface area (TPSA) is 67.2 Å². The van der Waals surface area contributed by atoms with Crippen molar-refractivity contribution in [2.75, 3.05) is 18.9 Å². The van der Waals surface area contributed by atoms with Gasteiger partial charge in [-0.3, -0.25) is 9.59 Å². The van der Waals surface area contributed by atoms with Crippen LogP contribution in [0.2, 0.25) is 0 Å². The Balaban J connectivity index is 1.90. The summed E-state index contributed by atoms with van der Waals surface area (Å²) in [7, 11) is 1.72. The number of aromatic nitrogens is 2. The maximum Gasteiger partial charge on any atom is 0.276 e. The Morgan fingerprint density at radius 3 is 2.90 bits per heavy atom. The Bertz CT molecular complexity index is 720. The summed E-state index contributed by atoms with van der Waals surface area (Å²) in [6, 6.07) is 7.49. The molecule has 21 heavy (non-hydrogen) atoms. The summed E-state index contributed by atoms with van der Waals surface area (Å²) < 4.78 is 1.73. The molecule has 3 rings (SSSR count). The lowest BCUT2D eigenvalue weighted by Gasteiger charge is -2.24. The summed E-state index contributed by atoms with van der Waals surface area (Å²) in [5.41, 5.74) is 2.27. The average Bonchev–Trinajstić information content (AvgIpc) is 2.87. The van der Waals surface area contributed by atoms with Crippen molar-refractivity contribution in [2.24, 2.45) is 0 Å². The number of carbonyl (C=O) groups excluding carboxylic acids is 2. The molecule has 0 bridgehead atoms. The van der Waals surface area contributed by atoms with Crippen molar-refractivity contribution in [1.29, 1.82) is 0 Å². The number of amides is 2. The first-order chi connectivity index (χ1) is 10.1. The minimum Gasteiger partial charge on any atom is -0.339 e. The maximum absolute atomic E-state index is 12.4. The summed E-state index contributed by atoms with van der Waals surface area (Å²) in [5, 5.41) is 2.79. The minimum absolute atomic E-state index is 0.173. The van der Waals surface area contributed by atoms with Crippen LogP contribution in [0.5, 0.6) is 0 Å². The van der Waals surface area contributed by atoms with Crippen LogP contribution in [0.4, 0.5) is 5.69 Å². The van der Waals surface area contributed by atoms with Gasteiger partial charge < -0.3 is 14.8 Å². The summed E-state index contributed by atoms with van der Waals surface area (Å²) >= 11 is 0. The molecular formula is C15H16N4O2. The number of nitrogens with one attached hydrogen (secondary N) is 1. The van der Waals surface area contributed by atoms with Crippen LogP contribution >= 0.6 is 0 Å². The minimum atomic E-state index is -0.363. The van der Waals surface area contributed by atoms with Gasteiger partial charge in [-0.2, -0.15) is 0 Å². The third-order valence-corrected chi connectivity index (χ3v) is 3.55. The highest BCUT2D eigenvalue weighted by Crippen LogP contribution is 2.17. The molecule has 2 heterocycles. The van der Waals surface area contributed by atoms with E-state index in [2.05, 4.69) is 10.3 Å². The number of nitrogens with zero attached hydrogens (tertiary/aromatic N) is 3. The Morgan fingerprint density at radius 2 is 2.14 bits per heavy atom. The zero-order valence-electron chi connectivity index (χ0n) is 12.0. The van der Waals surface area contributed by atoms with Gasteiger partial charge in [-0.15, -0.1) is 0 Å². The van der Waals surface area contributed by atoms with Gasteiger partial charge in [0.1, 0.15) is 5.69 Å². The first kappa shape index (κ1) is 13.4. The van der Waals surface area contributed by atoms with Crippen LogP contribution in [-0.2, 0) is 6.54 Å². The zero-order chi connectivity index (χ0) is 15.0. The van der Waals surface area contributed by atoms with Crippen LogP contribution in [0.25, 0.3) is 0 Å². The van der Waals surface area contributed by atoms with Crippen molar-refractivity contribution in [3.63, 3.8) is 0 Å². The number of likely N-dealkylation sites (N-methyl/N-ethyl adjacent to an activating group) is 1. The molecule has 2 aromatic rings. The van der Waals surface area contributed by atoms with Gasteiger partial charge in [-0.25, -0.2) is 4.98 Å². The van der Waals surface area contributed by atoms with Gasteiger partial charge in [0, 0.05) is 25.8 Å². The summed E-state index contributed by atoms with van der Waals surface area (Å²) in [6.07, 6.45) is 1.55. The van der Waals surface area contributed by atoms with E-state index < -0.39 is 0 Å². The highest BCUT2D eigenvalue weighted by molar-refractivity contribution is 6.10. The number of anilines is 1. The fourth-order valence-electron chi connectivity index (χ4n) is 2.40. The third-order valence-electron chi connectivity index (χ3n) is 3.55. The first-order valence-corrected chi connectivity index (χ1v) is 6.75. The fourth-order valence-corrected chi connectivity index (χ4v) is 2.40. The Labute approximate surface area is 122 Å². The Morgan fingerprint density at radius 1 is 1.33 bits per heavy atom. The van der Waals surface area contributed by atoms with E-state index in [-0.39, 0.29) is 17.5 Å². The molecule has 0 spiro atoms. The van der Waals surface area contributed by atoms with Crippen LogP contribution in [0, 0.1) is 6.92 Å². The molecule has 0 fully saturated rings. The van der Waals surface area contributed by atoms with Crippen molar-refractivity contribution in [3.05, 3.63) is 47.5 Å². The summed E-state index contributed by atoms with van der Waals surface area (Å²) in [6.45, 7) is 3.23. The van der Waals surface area contributed by atoms with E-state index in [4.69, 9.17) is 0 Å². The SMILES string of the molecule is Cc1cccc(NC(=O)c2ncn3c2C(=O)N(C)CC3)c1. The second kappa shape index (κ2) is 5.05. The van der Waals surface area contributed by atoms with Crippen molar-refractivity contribution >= 4 is 17.5 Å². The van der Waals surface area contributed by atoms with Crippen molar-refractivity contribution in [3.8, 4) is 0 Å². The predicted molar refractivity (Wildman–Crippen MR) is 78.3 cm³/mol. The van der Waals surface area contributed by atoms with Crippen molar-refractivity contribution < 1.29 is 9.59 Å². The molecule has 1 aliphatic heterocycles. The number of rotatable bonds is 2. The molecule has 0 saturated carbocycles. The van der Waals surface area contributed by atoms with Crippen molar-refractivity contribution in [1.82, 2.24) is 14.5 Å².